The predicted octanol–water partition coefficient (Wildman–Crippen LogP) is 5.07. The fourth-order valence-electron chi connectivity index (χ4n) is 2.38. The van der Waals surface area contributed by atoms with Crippen molar-refractivity contribution in [2.75, 3.05) is 12.0 Å². The number of hydrogen-bond acceptors (Lipinski definition) is 5. The summed E-state index contributed by atoms with van der Waals surface area (Å²) in [5.74, 6) is 1.29. The molecule has 0 unspecified atom stereocenters. The van der Waals surface area contributed by atoms with E-state index in [2.05, 4.69) is 31.6 Å². The largest absolute Gasteiger partial charge is 0.490 e. The lowest BCUT2D eigenvalue weighted by atomic mass is 10.2. The van der Waals surface area contributed by atoms with E-state index in [1.54, 1.807) is 29.5 Å². The average molecular weight is 472 g/mol. The number of halogens is 3. The van der Waals surface area contributed by atoms with Crippen LogP contribution in [0.1, 0.15) is 18.1 Å². The molecule has 0 saturated heterocycles. The molecule has 3 aromatic rings. The van der Waals surface area contributed by atoms with Crippen LogP contribution in [0.25, 0.3) is 0 Å². The van der Waals surface area contributed by atoms with Gasteiger partial charge in [-0.15, -0.1) is 10.2 Å². The van der Waals surface area contributed by atoms with Crippen LogP contribution in [0.4, 0.5) is 0 Å². The summed E-state index contributed by atoms with van der Waals surface area (Å²) in [7, 11) is 0. The lowest BCUT2D eigenvalue weighted by Gasteiger charge is -2.16. The maximum absolute atomic E-state index is 6.07. The summed E-state index contributed by atoms with van der Waals surface area (Å²) in [6.07, 6.45) is 3.18. The van der Waals surface area contributed by atoms with Crippen molar-refractivity contribution in [2.45, 2.75) is 20.1 Å². The molecule has 1 heterocycles. The van der Waals surface area contributed by atoms with Gasteiger partial charge in [0.15, 0.2) is 11.5 Å². The number of nitrogens with one attached hydrogen (secondary N) is 1. The van der Waals surface area contributed by atoms with Crippen LogP contribution in [-0.2, 0) is 13.2 Å². The van der Waals surface area contributed by atoms with E-state index in [4.69, 9.17) is 32.7 Å². The molecular weight excluding hydrogens is 455 g/mol. The van der Waals surface area contributed by atoms with E-state index < -0.39 is 0 Å². The van der Waals surface area contributed by atoms with Gasteiger partial charge in [0.25, 0.3) is 0 Å². The van der Waals surface area contributed by atoms with Crippen LogP contribution >= 0.6 is 39.1 Å². The van der Waals surface area contributed by atoms with Crippen LogP contribution in [0, 0.1) is 0 Å². The van der Waals surface area contributed by atoms with Crippen molar-refractivity contribution < 1.29 is 9.47 Å². The van der Waals surface area contributed by atoms with Crippen LogP contribution in [-0.4, -0.2) is 21.5 Å². The van der Waals surface area contributed by atoms with Crippen LogP contribution in [0.5, 0.6) is 11.5 Å². The van der Waals surface area contributed by atoms with Gasteiger partial charge in [-0.3, -0.25) is 0 Å². The first-order valence-corrected chi connectivity index (χ1v) is 9.72. The van der Waals surface area contributed by atoms with Crippen molar-refractivity contribution in [1.82, 2.24) is 14.9 Å². The summed E-state index contributed by atoms with van der Waals surface area (Å²) >= 11 is 15.6. The Labute approximate surface area is 175 Å². The predicted molar refractivity (Wildman–Crippen MR) is 109 cm³/mol. The number of hydrogen-bond donors (Lipinski definition) is 1. The van der Waals surface area contributed by atoms with E-state index in [1.807, 2.05) is 25.1 Å². The lowest BCUT2D eigenvalue weighted by molar-refractivity contribution is 0.267. The molecule has 2 aromatic carbocycles. The highest BCUT2D eigenvalue weighted by Gasteiger charge is 2.13. The molecule has 0 bridgehead atoms. The molecule has 0 aliphatic heterocycles. The Morgan fingerprint density at radius 1 is 1.04 bits per heavy atom. The maximum atomic E-state index is 6.07. The zero-order valence-corrected chi connectivity index (χ0v) is 17.6. The molecule has 0 amide bonds. The SMILES string of the molecule is CCOc1cc(CNn2cnnc2)cc(Br)c1OCc1ccc(Cl)c(Cl)c1. The van der Waals surface area contributed by atoms with Gasteiger partial charge in [-0.2, -0.15) is 0 Å². The standard InChI is InChI=1S/C18H17BrCl2N4O2/c1-2-26-17-7-13(8-24-25-10-22-23-11-25)5-14(19)18(17)27-9-12-3-4-15(20)16(21)6-12/h3-7,10-11,24H,2,8-9H2,1H3. The van der Waals surface area contributed by atoms with Crippen LogP contribution in [0.3, 0.4) is 0 Å². The highest BCUT2D eigenvalue weighted by molar-refractivity contribution is 9.10. The van der Waals surface area contributed by atoms with Gasteiger partial charge in [0.05, 0.1) is 27.7 Å². The summed E-state index contributed by atoms with van der Waals surface area (Å²) in [4.78, 5) is 0. The molecule has 0 aliphatic carbocycles. The van der Waals surface area contributed by atoms with Crippen molar-refractivity contribution in [3.8, 4) is 11.5 Å². The molecule has 0 fully saturated rings. The molecule has 9 heteroatoms. The van der Waals surface area contributed by atoms with Gasteiger partial charge < -0.3 is 14.9 Å². The van der Waals surface area contributed by atoms with Crippen molar-refractivity contribution in [3.63, 3.8) is 0 Å². The van der Waals surface area contributed by atoms with Gasteiger partial charge in [-0.1, -0.05) is 29.3 Å². The second kappa shape index (κ2) is 9.30. The quantitative estimate of drug-likeness (QED) is 0.497. The van der Waals surface area contributed by atoms with Gasteiger partial charge in [-0.05, 0) is 58.2 Å². The number of ether oxygens (including phenoxy) is 2. The summed E-state index contributed by atoms with van der Waals surface area (Å²) in [6.45, 7) is 3.37. The average Bonchev–Trinajstić information content (AvgIpc) is 3.16. The molecule has 0 aliphatic rings. The fourth-order valence-corrected chi connectivity index (χ4v) is 3.30. The van der Waals surface area contributed by atoms with E-state index in [0.717, 1.165) is 15.6 Å². The number of rotatable bonds is 8. The van der Waals surface area contributed by atoms with Gasteiger partial charge in [0, 0.05) is 0 Å². The van der Waals surface area contributed by atoms with Gasteiger partial charge in [0.2, 0.25) is 0 Å². The number of aromatic nitrogens is 3. The summed E-state index contributed by atoms with van der Waals surface area (Å²) in [5, 5.41) is 8.53. The minimum absolute atomic E-state index is 0.341. The third-order valence-electron chi connectivity index (χ3n) is 3.62. The minimum Gasteiger partial charge on any atom is -0.490 e. The minimum atomic E-state index is 0.341. The van der Waals surface area contributed by atoms with E-state index in [9.17, 15) is 0 Å². The van der Waals surface area contributed by atoms with Gasteiger partial charge >= 0.3 is 0 Å². The van der Waals surface area contributed by atoms with E-state index in [0.29, 0.717) is 41.3 Å². The Kier molecular flexibility index (Phi) is 6.82. The summed E-state index contributed by atoms with van der Waals surface area (Å²) in [6, 6.07) is 9.33. The molecule has 0 saturated carbocycles. The zero-order valence-electron chi connectivity index (χ0n) is 14.5. The first-order valence-electron chi connectivity index (χ1n) is 8.17. The summed E-state index contributed by atoms with van der Waals surface area (Å²) in [5.41, 5.74) is 5.10. The molecule has 0 radical (unpaired) electrons. The molecule has 1 aromatic heterocycles. The normalized spacial score (nSPS) is 10.7. The third-order valence-corrected chi connectivity index (χ3v) is 4.95. The molecule has 27 heavy (non-hydrogen) atoms. The second-order valence-electron chi connectivity index (χ2n) is 5.58. The molecule has 0 atom stereocenters. The van der Waals surface area contributed by atoms with Gasteiger partial charge in [-0.25, -0.2) is 4.68 Å². The molecule has 3 rings (SSSR count). The number of nitrogens with zero attached hydrogens (tertiary/aromatic N) is 3. The van der Waals surface area contributed by atoms with E-state index >= 15 is 0 Å². The zero-order chi connectivity index (χ0) is 19.2. The monoisotopic (exact) mass is 470 g/mol. The Morgan fingerprint density at radius 3 is 2.52 bits per heavy atom. The van der Waals surface area contributed by atoms with Crippen LogP contribution in [0.2, 0.25) is 10.0 Å². The topological polar surface area (TPSA) is 61.2 Å². The van der Waals surface area contributed by atoms with E-state index in [-0.39, 0.29) is 0 Å². The summed E-state index contributed by atoms with van der Waals surface area (Å²) < 4.78 is 14.2. The van der Waals surface area contributed by atoms with Gasteiger partial charge in [0.1, 0.15) is 19.3 Å². The Balaban J connectivity index is 1.75. The highest BCUT2D eigenvalue weighted by Crippen LogP contribution is 2.37. The maximum Gasteiger partial charge on any atom is 0.175 e. The fraction of sp³-hybridized carbons (Fsp3) is 0.222. The Hall–Kier alpha value is -1.96. The van der Waals surface area contributed by atoms with Crippen molar-refractivity contribution in [2.24, 2.45) is 0 Å². The van der Waals surface area contributed by atoms with Crippen LogP contribution < -0.4 is 14.9 Å². The molecule has 1 N–H and O–H groups in total. The third kappa shape index (κ3) is 5.28. The Morgan fingerprint density at radius 2 is 1.81 bits per heavy atom. The van der Waals surface area contributed by atoms with Crippen LogP contribution in [0.15, 0.2) is 47.5 Å². The first kappa shape index (κ1) is 19.8. The highest BCUT2D eigenvalue weighted by atomic mass is 79.9. The smallest absolute Gasteiger partial charge is 0.175 e. The van der Waals surface area contributed by atoms with Crippen molar-refractivity contribution in [1.29, 1.82) is 0 Å². The Bertz CT molecular complexity index is 907. The molecule has 142 valence electrons. The molecular formula is C18H17BrCl2N4O2. The second-order valence-corrected chi connectivity index (χ2v) is 7.25. The van der Waals surface area contributed by atoms with Crippen molar-refractivity contribution in [3.05, 3.63) is 68.6 Å². The first-order chi connectivity index (χ1) is 13.1. The van der Waals surface area contributed by atoms with Crippen molar-refractivity contribution >= 4 is 39.1 Å². The molecule has 0 spiro atoms. The lowest BCUT2D eigenvalue weighted by Crippen LogP contribution is -2.12. The molecule has 6 nitrogen and oxygen atoms in total. The van der Waals surface area contributed by atoms with E-state index in [1.165, 1.54) is 0 Å². The number of benzene rings is 2.